The Morgan fingerprint density at radius 2 is 0.767 bits per heavy atom. The molecule has 0 aromatic heterocycles. The highest BCUT2D eigenvalue weighted by molar-refractivity contribution is 8.76. The van der Waals surface area contributed by atoms with Gasteiger partial charge in [-0.2, -0.15) is 0 Å². The molecule has 0 saturated heterocycles. The van der Waals surface area contributed by atoms with Crippen molar-refractivity contribution < 1.29 is 28.4 Å². The molecular formula is C16H34N6O6S2+2. The van der Waals surface area contributed by atoms with Crippen LogP contribution in [-0.2, 0) is 28.4 Å². The first-order valence-corrected chi connectivity index (χ1v) is 12.2. The molecule has 14 heteroatoms. The van der Waals surface area contributed by atoms with Crippen LogP contribution >= 0.6 is 21.6 Å². The summed E-state index contributed by atoms with van der Waals surface area (Å²) in [5, 5.41) is 6.96. The van der Waals surface area contributed by atoms with Crippen LogP contribution in [0.25, 0.3) is 0 Å². The summed E-state index contributed by atoms with van der Waals surface area (Å²) in [6.07, 6.45) is 0. The van der Waals surface area contributed by atoms with Crippen LogP contribution in [0.5, 0.6) is 0 Å². The van der Waals surface area contributed by atoms with Gasteiger partial charge in [-0.15, -0.1) is 0 Å². The predicted molar refractivity (Wildman–Crippen MR) is 114 cm³/mol. The molecule has 174 valence electrons. The molecule has 0 aliphatic carbocycles. The van der Waals surface area contributed by atoms with Gasteiger partial charge in [-0.25, -0.2) is 0 Å². The van der Waals surface area contributed by atoms with Gasteiger partial charge in [0.25, 0.3) is 0 Å². The second-order valence-electron chi connectivity index (χ2n) is 5.25. The van der Waals surface area contributed by atoms with E-state index >= 15 is 0 Å². The molecule has 30 heavy (non-hydrogen) atoms. The Labute approximate surface area is 185 Å². The topological polar surface area (TPSA) is 156 Å². The Hall–Kier alpha value is -0.920. The van der Waals surface area contributed by atoms with E-state index in [0.717, 1.165) is 11.5 Å². The molecule has 0 radical (unpaired) electrons. The van der Waals surface area contributed by atoms with Gasteiger partial charge in [0, 0.05) is 11.5 Å². The molecule has 0 amide bonds. The molecule has 0 fully saturated rings. The van der Waals surface area contributed by atoms with Gasteiger partial charge >= 0.3 is 0 Å². The molecule has 2 N–H and O–H groups in total. The highest BCUT2D eigenvalue weighted by Crippen LogP contribution is 2.20. The Kier molecular flexibility index (Phi) is 27.2. The van der Waals surface area contributed by atoms with E-state index in [0.29, 0.717) is 92.4 Å². The van der Waals surface area contributed by atoms with Crippen molar-refractivity contribution in [2.45, 2.75) is 0 Å². The number of ether oxygens (including phenoxy) is 6. The molecule has 12 nitrogen and oxygen atoms in total. The minimum Gasteiger partial charge on any atom is -0.378 e. The van der Waals surface area contributed by atoms with Crippen LogP contribution in [-0.4, -0.2) is 104 Å². The summed E-state index contributed by atoms with van der Waals surface area (Å²) < 4.78 is 32.2. The zero-order valence-corrected chi connectivity index (χ0v) is 19.0. The lowest BCUT2D eigenvalue weighted by Gasteiger charge is -2.07. The first kappa shape index (κ1) is 29.1. The van der Waals surface area contributed by atoms with E-state index in [2.05, 4.69) is 20.1 Å². The van der Waals surface area contributed by atoms with Gasteiger partial charge in [-0.05, 0) is 0 Å². The number of nitrogens with one attached hydrogen (secondary N) is 2. The van der Waals surface area contributed by atoms with Gasteiger partial charge in [0.05, 0.1) is 79.3 Å². The fourth-order valence-corrected chi connectivity index (χ4v) is 3.42. The smallest absolute Gasteiger partial charge is 0.214 e. The fraction of sp³-hybridized carbons (Fsp3) is 1.00. The largest absolute Gasteiger partial charge is 0.378 e. The van der Waals surface area contributed by atoms with E-state index in [1.165, 1.54) is 0 Å². The highest BCUT2D eigenvalue weighted by Gasteiger charge is 1.96. The Bertz CT molecular complexity index is 416. The number of nitrogens with zero attached hydrogens (tertiary/aromatic N) is 4. The third kappa shape index (κ3) is 27.1. The molecule has 0 saturated carbocycles. The van der Waals surface area contributed by atoms with Gasteiger partial charge < -0.3 is 28.4 Å². The average Bonchev–Trinajstić information content (AvgIpc) is 2.76. The summed E-state index contributed by atoms with van der Waals surface area (Å²) in [4.78, 5) is 5.78. The maximum absolute atomic E-state index is 6.48. The quantitative estimate of drug-likeness (QED) is 0.0881. The van der Waals surface area contributed by atoms with Crippen molar-refractivity contribution in [2.24, 2.45) is 10.2 Å². The molecule has 0 aromatic carbocycles. The Morgan fingerprint density at radius 1 is 0.467 bits per heavy atom. The van der Waals surface area contributed by atoms with Crippen LogP contribution < -0.4 is 9.82 Å². The van der Waals surface area contributed by atoms with Gasteiger partial charge in [0.2, 0.25) is 9.82 Å². The molecular weight excluding hydrogens is 436 g/mol. The normalized spacial score (nSPS) is 10.5. The van der Waals surface area contributed by atoms with E-state index in [1.807, 2.05) is 0 Å². The van der Waals surface area contributed by atoms with E-state index in [9.17, 15) is 0 Å². The lowest BCUT2D eigenvalue weighted by molar-refractivity contribution is 0.0188. The Morgan fingerprint density at radius 3 is 1.10 bits per heavy atom. The Balaban J connectivity index is 3.01. The summed E-state index contributed by atoms with van der Waals surface area (Å²) in [6, 6.07) is 0. The second-order valence-corrected chi connectivity index (χ2v) is 7.95. The van der Waals surface area contributed by atoms with E-state index in [4.69, 9.17) is 39.5 Å². The summed E-state index contributed by atoms with van der Waals surface area (Å²) in [5.41, 5.74) is 13.0. The number of hydrogen-bond donors (Lipinski definition) is 2. The van der Waals surface area contributed by atoms with Crippen LogP contribution in [0.2, 0.25) is 0 Å². The molecule has 0 unspecified atom stereocenters. The van der Waals surface area contributed by atoms with E-state index in [1.54, 1.807) is 21.6 Å². The number of hydrogen-bond acceptors (Lipinski definition) is 12. The average molecular weight is 471 g/mol. The summed E-state index contributed by atoms with van der Waals surface area (Å²) in [7, 11) is 3.53. The standard InChI is InChI=1S/C16H34N6O6S2/c17-21-19-1-3-23-5-7-25-9-11-27-13-15-29-30-16-14-28-12-10-26-8-6-24-4-2-20-22-18/h17-18H,1-16H2/q+2. The third-order valence-electron chi connectivity index (χ3n) is 3.01. The van der Waals surface area contributed by atoms with Crippen LogP contribution in [0.15, 0.2) is 10.2 Å². The van der Waals surface area contributed by atoms with Crippen LogP contribution in [0.1, 0.15) is 0 Å². The van der Waals surface area contributed by atoms with Crippen molar-refractivity contribution in [3.8, 4) is 0 Å². The van der Waals surface area contributed by atoms with Gasteiger partial charge in [0.1, 0.15) is 34.4 Å². The molecule has 0 heterocycles. The first-order chi connectivity index (χ1) is 14.9. The van der Waals surface area contributed by atoms with Crippen molar-refractivity contribution >= 4 is 21.6 Å². The van der Waals surface area contributed by atoms with E-state index in [-0.39, 0.29) is 0 Å². The van der Waals surface area contributed by atoms with Gasteiger partial charge in [-0.3, -0.25) is 0 Å². The van der Waals surface area contributed by atoms with Gasteiger partial charge in [-0.1, -0.05) is 21.6 Å². The van der Waals surface area contributed by atoms with Crippen molar-refractivity contribution in [2.75, 3.05) is 104 Å². The summed E-state index contributed by atoms with van der Waals surface area (Å²) >= 11 is 0. The molecule has 0 bridgehead atoms. The zero-order chi connectivity index (χ0) is 21.8. The second kappa shape index (κ2) is 28.1. The van der Waals surface area contributed by atoms with Crippen LogP contribution in [0, 0.1) is 11.1 Å². The molecule has 0 aliphatic heterocycles. The van der Waals surface area contributed by atoms with Gasteiger partial charge in [0.15, 0.2) is 0 Å². The maximum Gasteiger partial charge on any atom is 0.214 e. The SMILES string of the molecule is N=[N+]=NCCOCCOCCOCCSSCCOCCOCCOCCN=[N+]=N. The van der Waals surface area contributed by atoms with Crippen molar-refractivity contribution in [3.63, 3.8) is 0 Å². The van der Waals surface area contributed by atoms with Crippen molar-refractivity contribution in [1.82, 2.24) is 9.82 Å². The number of rotatable bonds is 25. The van der Waals surface area contributed by atoms with Crippen molar-refractivity contribution in [1.29, 1.82) is 11.1 Å². The third-order valence-corrected chi connectivity index (χ3v) is 5.34. The first-order valence-electron chi connectivity index (χ1n) is 9.69. The molecule has 0 aliphatic rings. The van der Waals surface area contributed by atoms with Crippen LogP contribution in [0.3, 0.4) is 0 Å². The summed E-state index contributed by atoms with van der Waals surface area (Å²) in [6.45, 7) is 7.40. The lowest BCUT2D eigenvalue weighted by atomic mass is 10.7. The van der Waals surface area contributed by atoms with Crippen LogP contribution in [0.4, 0.5) is 0 Å². The molecule has 0 rings (SSSR count). The maximum atomic E-state index is 6.48. The minimum absolute atomic E-state index is 0.406. The fourth-order valence-electron chi connectivity index (χ4n) is 1.70. The zero-order valence-electron chi connectivity index (χ0n) is 17.4. The monoisotopic (exact) mass is 470 g/mol. The molecule has 0 atom stereocenters. The predicted octanol–water partition coefficient (Wildman–Crippen LogP) is 1.57. The lowest BCUT2D eigenvalue weighted by Crippen LogP contribution is -2.11. The van der Waals surface area contributed by atoms with E-state index < -0.39 is 0 Å². The highest BCUT2D eigenvalue weighted by atomic mass is 33.1. The van der Waals surface area contributed by atoms with Crippen molar-refractivity contribution in [3.05, 3.63) is 0 Å². The molecule has 0 aromatic rings. The molecule has 0 spiro atoms. The summed E-state index contributed by atoms with van der Waals surface area (Å²) in [5.74, 6) is 1.84. The minimum atomic E-state index is 0.406.